The zero-order valence-corrected chi connectivity index (χ0v) is 13.4. The van der Waals surface area contributed by atoms with E-state index in [0.29, 0.717) is 18.5 Å². The van der Waals surface area contributed by atoms with Crippen LogP contribution < -0.4 is 5.73 Å². The van der Waals surface area contributed by atoms with Gasteiger partial charge in [0, 0.05) is 11.4 Å². The van der Waals surface area contributed by atoms with Crippen LogP contribution in [0.2, 0.25) is 0 Å². The third-order valence-corrected chi connectivity index (χ3v) is 5.18. The molecule has 0 aliphatic heterocycles. The second kappa shape index (κ2) is 7.38. The first-order valence-corrected chi connectivity index (χ1v) is 8.61. The second-order valence-corrected chi connectivity index (χ2v) is 6.47. The highest BCUT2D eigenvalue weighted by molar-refractivity contribution is 7.09. The van der Waals surface area contributed by atoms with Crippen LogP contribution in [0.5, 0.6) is 0 Å². The number of carbonyl (C=O) groups excluding carboxylic acids is 1. The number of aromatic nitrogens is 1. The molecule has 1 aliphatic carbocycles. The monoisotopic (exact) mass is 315 g/mol. The molecule has 1 amide bonds. The standard InChI is InChI=1S/C14H22ClN3OS/c1-2-12(14-17-10(7-15)9-20-14)18(8-13(16)19)11-5-3-4-6-11/h9,11-12H,2-8H2,1H3,(H2,16,19). The smallest absolute Gasteiger partial charge is 0.231 e. The molecule has 0 bridgehead atoms. The lowest BCUT2D eigenvalue weighted by Gasteiger charge is -2.34. The third-order valence-electron chi connectivity index (χ3n) is 3.91. The number of nitrogens with zero attached hydrogens (tertiary/aromatic N) is 2. The minimum atomic E-state index is -0.260. The molecule has 0 radical (unpaired) electrons. The maximum Gasteiger partial charge on any atom is 0.231 e. The molecule has 1 aromatic heterocycles. The minimum Gasteiger partial charge on any atom is -0.369 e. The first-order valence-electron chi connectivity index (χ1n) is 7.20. The van der Waals surface area contributed by atoms with Crippen LogP contribution in [0.15, 0.2) is 5.38 Å². The van der Waals surface area contributed by atoms with Crippen LogP contribution in [0.3, 0.4) is 0 Å². The Bertz CT molecular complexity index is 445. The number of amides is 1. The summed E-state index contributed by atoms with van der Waals surface area (Å²) in [5.74, 6) is 0.177. The van der Waals surface area contributed by atoms with Gasteiger partial charge in [-0.15, -0.1) is 22.9 Å². The van der Waals surface area contributed by atoms with Gasteiger partial charge in [-0.05, 0) is 19.3 Å². The lowest BCUT2D eigenvalue weighted by atomic mass is 10.1. The van der Waals surface area contributed by atoms with E-state index < -0.39 is 0 Å². The molecule has 1 saturated carbocycles. The summed E-state index contributed by atoms with van der Waals surface area (Å²) in [6.07, 6.45) is 5.70. The number of halogens is 1. The average Bonchev–Trinajstić information content (AvgIpc) is 3.09. The molecule has 0 saturated heterocycles. The van der Waals surface area contributed by atoms with Crippen LogP contribution in [0, 0.1) is 0 Å². The fraction of sp³-hybridized carbons (Fsp3) is 0.714. The van der Waals surface area contributed by atoms with Crippen molar-refractivity contribution in [2.75, 3.05) is 6.54 Å². The lowest BCUT2D eigenvalue weighted by Crippen LogP contribution is -2.42. The van der Waals surface area contributed by atoms with Gasteiger partial charge < -0.3 is 5.73 Å². The summed E-state index contributed by atoms with van der Waals surface area (Å²) >= 11 is 7.47. The number of thiazole rings is 1. The summed E-state index contributed by atoms with van der Waals surface area (Å²) in [6, 6.07) is 0.628. The summed E-state index contributed by atoms with van der Waals surface area (Å²) in [7, 11) is 0. The summed E-state index contributed by atoms with van der Waals surface area (Å²) in [6.45, 7) is 2.45. The molecule has 2 N–H and O–H groups in total. The highest BCUT2D eigenvalue weighted by atomic mass is 35.5. The van der Waals surface area contributed by atoms with Gasteiger partial charge in [-0.3, -0.25) is 9.69 Å². The van der Waals surface area contributed by atoms with Crippen LogP contribution in [-0.2, 0) is 10.7 Å². The Labute approximate surface area is 129 Å². The van der Waals surface area contributed by atoms with Gasteiger partial charge >= 0.3 is 0 Å². The molecule has 1 fully saturated rings. The van der Waals surface area contributed by atoms with E-state index in [9.17, 15) is 4.79 Å². The molecule has 0 aromatic carbocycles. The van der Waals surface area contributed by atoms with Crippen molar-refractivity contribution in [1.82, 2.24) is 9.88 Å². The van der Waals surface area contributed by atoms with Crippen molar-refractivity contribution in [3.8, 4) is 0 Å². The SMILES string of the molecule is CCC(c1nc(CCl)cs1)N(CC(N)=O)C1CCCC1. The molecule has 1 aromatic rings. The van der Waals surface area contributed by atoms with Gasteiger partial charge in [0.25, 0.3) is 0 Å². The molecular formula is C14H22ClN3OS. The average molecular weight is 316 g/mol. The van der Waals surface area contributed by atoms with Gasteiger partial charge in [-0.2, -0.15) is 0 Å². The van der Waals surface area contributed by atoms with Gasteiger partial charge in [0.15, 0.2) is 0 Å². The molecule has 1 heterocycles. The van der Waals surface area contributed by atoms with Crippen molar-refractivity contribution in [2.24, 2.45) is 5.73 Å². The molecule has 1 aliphatic rings. The van der Waals surface area contributed by atoms with E-state index in [0.717, 1.165) is 30.0 Å². The minimum absolute atomic E-state index is 0.174. The van der Waals surface area contributed by atoms with Crippen molar-refractivity contribution in [3.63, 3.8) is 0 Å². The van der Waals surface area contributed by atoms with Crippen molar-refractivity contribution in [2.45, 2.75) is 57.0 Å². The quantitative estimate of drug-likeness (QED) is 0.787. The Morgan fingerprint density at radius 2 is 2.30 bits per heavy atom. The Morgan fingerprint density at radius 3 is 2.80 bits per heavy atom. The number of nitrogens with two attached hydrogens (primary N) is 1. The number of hydrogen-bond donors (Lipinski definition) is 1. The van der Waals surface area contributed by atoms with Crippen LogP contribution in [0.1, 0.15) is 55.8 Å². The molecular weight excluding hydrogens is 294 g/mol. The molecule has 0 spiro atoms. The summed E-state index contributed by atoms with van der Waals surface area (Å²) in [5.41, 5.74) is 6.36. The number of alkyl halides is 1. The largest absolute Gasteiger partial charge is 0.369 e. The molecule has 4 nitrogen and oxygen atoms in total. The van der Waals surface area contributed by atoms with Crippen LogP contribution in [0.25, 0.3) is 0 Å². The van der Waals surface area contributed by atoms with E-state index in [1.165, 1.54) is 12.8 Å². The third kappa shape index (κ3) is 3.71. The maximum absolute atomic E-state index is 11.4. The first kappa shape index (κ1) is 15.7. The number of carbonyl (C=O) groups is 1. The fourth-order valence-corrected chi connectivity index (χ4v) is 4.25. The predicted molar refractivity (Wildman–Crippen MR) is 82.9 cm³/mol. The van der Waals surface area contributed by atoms with Crippen molar-refractivity contribution < 1.29 is 4.79 Å². The van der Waals surface area contributed by atoms with Crippen LogP contribution in [-0.4, -0.2) is 28.4 Å². The number of rotatable bonds is 7. The Kier molecular flexibility index (Phi) is 5.81. The summed E-state index contributed by atoms with van der Waals surface area (Å²) in [4.78, 5) is 18.3. The van der Waals surface area contributed by atoms with Gasteiger partial charge in [0.2, 0.25) is 5.91 Å². The maximum atomic E-state index is 11.4. The summed E-state index contributed by atoms with van der Waals surface area (Å²) in [5, 5.41) is 3.05. The van der Waals surface area contributed by atoms with Crippen LogP contribution >= 0.6 is 22.9 Å². The van der Waals surface area contributed by atoms with Crippen molar-refractivity contribution in [1.29, 1.82) is 0 Å². The first-order chi connectivity index (χ1) is 9.65. The zero-order valence-electron chi connectivity index (χ0n) is 11.8. The van der Waals surface area contributed by atoms with E-state index >= 15 is 0 Å². The topological polar surface area (TPSA) is 59.2 Å². The van der Waals surface area contributed by atoms with E-state index in [2.05, 4.69) is 16.8 Å². The Morgan fingerprint density at radius 1 is 1.60 bits per heavy atom. The van der Waals surface area contributed by atoms with E-state index in [1.54, 1.807) is 11.3 Å². The highest BCUT2D eigenvalue weighted by Crippen LogP contribution is 2.34. The molecule has 6 heteroatoms. The second-order valence-electron chi connectivity index (χ2n) is 5.31. The molecule has 20 heavy (non-hydrogen) atoms. The molecule has 1 atom stereocenters. The highest BCUT2D eigenvalue weighted by Gasteiger charge is 2.31. The van der Waals surface area contributed by atoms with Gasteiger partial charge in [0.05, 0.1) is 24.2 Å². The summed E-state index contributed by atoms with van der Waals surface area (Å²) < 4.78 is 0. The van der Waals surface area contributed by atoms with E-state index in [1.807, 2.05) is 5.38 Å². The van der Waals surface area contributed by atoms with Crippen molar-refractivity contribution in [3.05, 3.63) is 16.1 Å². The van der Waals surface area contributed by atoms with Gasteiger partial charge in [0.1, 0.15) is 5.01 Å². The van der Waals surface area contributed by atoms with Gasteiger partial charge in [-0.1, -0.05) is 19.8 Å². The molecule has 2 rings (SSSR count). The number of hydrogen-bond acceptors (Lipinski definition) is 4. The van der Waals surface area contributed by atoms with Crippen LogP contribution in [0.4, 0.5) is 0 Å². The van der Waals surface area contributed by atoms with Crippen molar-refractivity contribution >= 4 is 28.8 Å². The Balaban J connectivity index is 2.20. The normalized spacial score (nSPS) is 17.8. The van der Waals surface area contributed by atoms with Gasteiger partial charge in [-0.25, -0.2) is 4.98 Å². The lowest BCUT2D eigenvalue weighted by molar-refractivity contribution is -0.120. The fourth-order valence-electron chi connectivity index (χ4n) is 3.00. The predicted octanol–water partition coefficient (Wildman–Crippen LogP) is 3.06. The molecule has 112 valence electrons. The number of primary amides is 1. The Hall–Kier alpha value is -0.650. The zero-order chi connectivity index (χ0) is 14.5. The molecule has 1 unspecified atom stereocenters. The van der Waals surface area contributed by atoms with E-state index in [4.69, 9.17) is 17.3 Å². The van der Waals surface area contributed by atoms with E-state index in [-0.39, 0.29) is 11.9 Å².